The number of likely N-dealkylation sites (tertiary alicyclic amines) is 1. The average molecular weight is 537 g/mol. The van der Waals surface area contributed by atoms with Gasteiger partial charge < -0.3 is 24.6 Å². The van der Waals surface area contributed by atoms with Crippen molar-refractivity contribution < 1.29 is 14.3 Å². The fourth-order valence-corrected chi connectivity index (χ4v) is 4.14. The van der Waals surface area contributed by atoms with Crippen molar-refractivity contribution in [3.63, 3.8) is 0 Å². The van der Waals surface area contributed by atoms with Crippen molar-refractivity contribution in [2.75, 3.05) is 78.7 Å². The molecule has 1 N–H and O–H groups in total. The zero-order chi connectivity index (χ0) is 20.3. The lowest BCUT2D eigenvalue weighted by molar-refractivity contribution is -0.131. The summed E-state index contributed by atoms with van der Waals surface area (Å²) in [4.78, 5) is 23.8. The minimum absolute atomic E-state index is 0. The van der Waals surface area contributed by atoms with Crippen molar-refractivity contribution in [2.24, 2.45) is 4.99 Å². The Balaban J connectivity index is 0.00000320. The largest absolute Gasteiger partial charge is 0.381 e. The van der Waals surface area contributed by atoms with E-state index in [4.69, 9.17) is 14.5 Å². The first-order valence-electron chi connectivity index (χ1n) is 11.5. The third-order valence-corrected chi connectivity index (χ3v) is 5.91. The molecule has 9 heteroatoms. The van der Waals surface area contributed by atoms with Crippen LogP contribution in [0, 0.1) is 0 Å². The van der Waals surface area contributed by atoms with E-state index in [1.54, 1.807) is 0 Å². The molecule has 0 radical (unpaired) electrons. The molecular weight excluding hydrogens is 497 g/mol. The van der Waals surface area contributed by atoms with Crippen LogP contribution in [-0.4, -0.2) is 111 Å². The number of hydrogen-bond acceptors (Lipinski definition) is 5. The maximum atomic E-state index is 12.4. The van der Waals surface area contributed by atoms with Crippen LogP contribution >= 0.6 is 24.0 Å². The first-order chi connectivity index (χ1) is 14.3. The molecule has 0 aromatic carbocycles. The van der Waals surface area contributed by atoms with Crippen molar-refractivity contribution in [1.82, 2.24) is 20.0 Å². The van der Waals surface area contributed by atoms with Crippen LogP contribution in [0.15, 0.2) is 4.99 Å². The van der Waals surface area contributed by atoms with Gasteiger partial charge in [-0.1, -0.05) is 0 Å². The molecule has 8 nitrogen and oxygen atoms in total. The van der Waals surface area contributed by atoms with E-state index in [0.717, 1.165) is 110 Å². The number of aliphatic imine (C=N–C) groups is 1. The molecule has 3 heterocycles. The molecule has 0 spiro atoms. The number of amides is 1. The number of rotatable bonds is 8. The van der Waals surface area contributed by atoms with Gasteiger partial charge >= 0.3 is 0 Å². The van der Waals surface area contributed by atoms with Crippen LogP contribution in [0.1, 0.15) is 39.0 Å². The first kappa shape index (κ1) is 25.6. The Morgan fingerprint density at radius 3 is 2.43 bits per heavy atom. The second-order valence-electron chi connectivity index (χ2n) is 8.12. The van der Waals surface area contributed by atoms with E-state index >= 15 is 0 Å². The number of ether oxygens (including phenoxy) is 2. The van der Waals surface area contributed by atoms with E-state index in [1.165, 1.54) is 0 Å². The van der Waals surface area contributed by atoms with Crippen molar-refractivity contribution in [2.45, 2.75) is 45.1 Å². The summed E-state index contributed by atoms with van der Waals surface area (Å²) < 4.78 is 11.3. The van der Waals surface area contributed by atoms with Crippen LogP contribution in [0.2, 0.25) is 0 Å². The fourth-order valence-electron chi connectivity index (χ4n) is 4.14. The van der Waals surface area contributed by atoms with Gasteiger partial charge in [-0.2, -0.15) is 0 Å². The summed E-state index contributed by atoms with van der Waals surface area (Å²) in [6.45, 7) is 12.3. The van der Waals surface area contributed by atoms with E-state index in [0.29, 0.717) is 18.6 Å². The van der Waals surface area contributed by atoms with Gasteiger partial charge in [0.1, 0.15) is 0 Å². The fraction of sp³-hybridized carbons (Fsp3) is 0.905. The maximum absolute atomic E-state index is 12.4. The molecule has 0 bridgehead atoms. The highest BCUT2D eigenvalue weighted by Crippen LogP contribution is 2.11. The number of halogens is 1. The third kappa shape index (κ3) is 8.47. The van der Waals surface area contributed by atoms with E-state index in [1.807, 2.05) is 4.90 Å². The summed E-state index contributed by atoms with van der Waals surface area (Å²) in [5.41, 5.74) is 0. The van der Waals surface area contributed by atoms with Gasteiger partial charge in [0.05, 0.1) is 12.6 Å². The number of carbonyl (C=O) groups is 1. The molecule has 0 aliphatic carbocycles. The SMILES string of the molecule is CCNC(=NCCCOC1CCOCC1)N1CCN(CC(=O)N2CCCC2)CC1.I. The van der Waals surface area contributed by atoms with Crippen molar-refractivity contribution in [1.29, 1.82) is 0 Å². The molecule has 30 heavy (non-hydrogen) atoms. The Morgan fingerprint density at radius 2 is 1.77 bits per heavy atom. The molecule has 0 unspecified atom stereocenters. The lowest BCUT2D eigenvalue weighted by atomic mass is 10.1. The zero-order valence-corrected chi connectivity index (χ0v) is 20.9. The molecule has 3 saturated heterocycles. The number of nitrogens with one attached hydrogen (secondary N) is 1. The highest BCUT2D eigenvalue weighted by Gasteiger charge is 2.24. The Labute approximate surface area is 198 Å². The molecule has 3 rings (SSSR count). The summed E-state index contributed by atoms with van der Waals surface area (Å²) >= 11 is 0. The number of hydrogen-bond donors (Lipinski definition) is 1. The van der Waals surface area contributed by atoms with Crippen LogP contribution in [0.25, 0.3) is 0 Å². The highest BCUT2D eigenvalue weighted by atomic mass is 127. The number of guanidine groups is 1. The smallest absolute Gasteiger partial charge is 0.236 e. The molecule has 0 saturated carbocycles. The molecule has 1 amide bonds. The Hall–Kier alpha value is -0.650. The van der Waals surface area contributed by atoms with Gasteiger partial charge in [-0.15, -0.1) is 24.0 Å². The standard InChI is InChI=1S/C21H39N5O3.HI/c1-2-22-21(23-8-5-15-29-19-6-16-28-17-7-19)26-13-11-24(12-14-26)18-20(27)25-9-3-4-10-25;/h19H,2-18H2,1H3,(H,22,23);1H. The van der Waals surface area contributed by atoms with Gasteiger partial charge in [0, 0.05) is 72.2 Å². The Bertz CT molecular complexity index is 517. The normalized spacial score (nSPS) is 21.6. The summed E-state index contributed by atoms with van der Waals surface area (Å²) in [5, 5.41) is 3.42. The van der Waals surface area contributed by atoms with E-state index in [9.17, 15) is 4.79 Å². The van der Waals surface area contributed by atoms with Crippen molar-refractivity contribution in [3.8, 4) is 0 Å². The average Bonchev–Trinajstić information content (AvgIpc) is 3.29. The minimum atomic E-state index is 0. The topological polar surface area (TPSA) is 69.6 Å². The lowest BCUT2D eigenvalue weighted by Crippen LogP contribution is -2.54. The molecular formula is C21H40IN5O3. The van der Waals surface area contributed by atoms with E-state index < -0.39 is 0 Å². The second-order valence-corrected chi connectivity index (χ2v) is 8.12. The predicted molar refractivity (Wildman–Crippen MR) is 130 cm³/mol. The summed E-state index contributed by atoms with van der Waals surface area (Å²) in [5.74, 6) is 1.28. The van der Waals surface area contributed by atoms with Crippen molar-refractivity contribution in [3.05, 3.63) is 0 Å². The molecule has 174 valence electrons. The monoisotopic (exact) mass is 537 g/mol. The summed E-state index contributed by atoms with van der Waals surface area (Å²) in [6.07, 6.45) is 5.63. The van der Waals surface area contributed by atoms with Gasteiger partial charge in [0.25, 0.3) is 0 Å². The Morgan fingerprint density at radius 1 is 1.07 bits per heavy atom. The van der Waals surface area contributed by atoms with Crippen LogP contribution in [0.3, 0.4) is 0 Å². The Kier molecular flexibility index (Phi) is 12.3. The molecule has 3 fully saturated rings. The number of piperazine rings is 1. The third-order valence-electron chi connectivity index (χ3n) is 5.91. The lowest BCUT2D eigenvalue weighted by Gasteiger charge is -2.36. The van der Waals surface area contributed by atoms with Crippen LogP contribution in [0.4, 0.5) is 0 Å². The molecule has 3 aliphatic heterocycles. The van der Waals surface area contributed by atoms with Crippen LogP contribution in [0.5, 0.6) is 0 Å². The van der Waals surface area contributed by atoms with E-state index in [-0.39, 0.29) is 24.0 Å². The number of carbonyl (C=O) groups excluding carboxylic acids is 1. The zero-order valence-electron chi connectivity index (χ0n) is 18.5. The van der Waals surface area contributed by atoms with Crippen molar-refractivity contribution >= 4 is 35.8 Å². The molecule has 0 atom stereocenters. The summed E-state index contributed by atoms with van der Waals surface area (Å²) in [7, 11) is 0. The predicted octanol–water partition coefficient (Wildman–Crippen LogP) is 1.40. The van der Waals surface area contributed by atoms with Gasteiger partial charge in [-0.05, 0) is 39.0 Å². The first-order valence-corrected chi connectivity index (χ1v) is 11.5. The van der Waals surface area contributed by atoms with E-state index in [2.05, 4.69) is 22.0 Å². The second kappa shape index (κ2) is 14.4. The maximum Gasteiger partial charge on any atom is 0.236 e. The minimum Gasteiger partial charge on any atom is -0.381 e. The van der Waals surface area contributed by atoms with Crippen LogP contribution < -0.4 is 5.32 Å². The van der Waals surface area contributed by atoms with Gasteiger partial charge in [0.15, 0.2) is 5.96 Å². The van der Waals surface area contributed by atoms with Gasteiger partial charge in [-0.3, -0.25) is 14.7 Å². The quantitative estimate of drug-likeness (QED) is 0.219. The molecule has 0 aromatic heterocycles. The summed E-state index contributed by atoms with van der Waals surface area (Å²) in [6, 6.07) is 0. The van der Waals surface area contributed by atoms with Crippen LogP contribution in [-0.2, 0) is 14.3 Å². The number of nitrogens with zero attached hydrogens (tertiary/aromatic N) is 4. The molecule has 0 aromatic rings. The molecule has 3 aliphatic rings. The van der Waals surface area contributed by atoms with Gasteiger partial charge in [-0.25, -0.2) is 0 Å². The van der Waals surface area contributed by atoms with Gasteiger partial charge in [0.2, 0.25) is 5.91 Å². The highest BCUT2D eigenvalue weighted by molar-refractivity contribution is 14.0.